The summed E-state index contributed by atoms with van der Waals surface area (Å²) < 4.78 is 5.09. The Morgan fingerprint density at radius 3 is 2.00 bits per heavy atom. The van der Waals surface area contributed by atoms with E-state index in [0.29, 0.717) is 19.3 Å². The Hall–Kier alpha value is -0.135. The lowest BCUT2D eigenvalue weighted by Gasteiger charge is -2.21. The van der Waals surface area contributed by atoms with Crippen molar-refractivity contribution in [3.63, 3.8) is 0 Å². The Labute approximate surface area is 104 Å². The lowest BCUT2D eigenvalue weighted by molar-refractivity contribution is 0.0201. The van der Waals surface area contributed by atoms with Crippen LogP contribution in [0.2, 0.25) is 0 Å². The minimum absolute atomic E-state index is 0.0162. The van der Waals surface area contributed by atoms with Crippen LogP contribution in [0.1, 0.15) is 39.0 Å². The minimum atomic E-state index is -0.702. The first-order chi connectivity index (χ1) is 8.03. The average Bonchev–Trinajstić information content (AvgIpc) is 2.27. The standard InChI is InChI=1S/C11H25BO5/c1-2-8(14)5-9(15)6-10(16)7-11(17-12)3-4-13/h8-11,13-16H,2-7,12H2,1H3. The summed E-state index contributed by atoms with van der Waals surface area (Å²) >= 11 is 0. The first-order valence-electron chi connectivity index (χ1n) is 6.21. The lowest BCUT2D eigenvalue weighted by Crippen LogP contribution is -2.27. The van der Waals surface area contributed by atoms with E-state index in [4.69, 9.17) is 9.76 Å². The van der Waals surface area contributed by atoms with Gasteiger partial charge in [-0.05, 0) is 32.1 Å². The molecule has 0 saturated carbocycles. The molecule has 5 nitrogen and oxygen atoms in total. The Kier molecular flexibility index (Phi) is 9.77. The maximum atomic E-state index is 9.73. The Balaban J connectivity index is 3.86. The number of aliphatic hydroxyl groups excluding tert-OH is 4. The van der Waals surface area contributed by atoms with E-state index < -0.39 is 18.3 Å². The topological polar surface area (TPSA) is 90.2 Å². The van der Waals surface area contributed by atoms with Crippen molar-refractivity contribution in [2.75, 3.05) is 6.61 Å². The fraction of sp³-hybridized carbons (Fsp3) is 1.00. The molecule has 0 bridgehead atoms. The van der Waals surface area contributed by atoms with E-state index in [1.54, 1.807) is 0 Å². The van der Waals surface area contributed by atoms with Gasteiger partial charge in [0.15, 0.2) is 0 Å². The zero-order valence-electron chi connectivity index (χ0n) is 10.7. The fourth-order valence-corrected chi connectivity index (χ4v) is 1.77. The predicted octanol–water partition coefficient (Wildman–Crippen LogP) is -1.03. The molecular weight excluding hydrogens is 223 g/mol. The normalized spacial score (nSPS) is 18.6. The number of aliphatic hydroxyl groups is 4. The lowest BCUT2D eigenvalue weighted by atomic mass is 9.99. The van der Waals surface area contributed by atoms with Gasteiger partial charge in [0.1, 0.15) is 0 Å². The average molecular weight is 248 g/mol. The molecule has 0 aromatic heterocycles. The molecule has 4 atom stereocenters. The molecule has 0 aromatic rings. The summed E-state index contributed by atoms with van der Waals surface area (Å²) in [6.45, 7) is 1.86. The summed E-state index contributed by atoms with van der Waals surface area (Å²) in [5, 5.41) is 37.5. The van der Waals surface area contributed by atoms with Gasteiger partial charge >= 0.3 is 0 Å². The molecule has 0 saturated heterocycles. The largest absolute Gasteiger partial charge is 0.441 e. The fourth-order valence-electron chi connectivity index (χ4n) is 1.77. The molecule has 0 aliphatic rings. The van der Waals surface area contributed by atoms with Crippen molar-refractivity contribution in [2.24, 2.45) is 0 Å². The van der Waals surface area contributed by atoms with Crippen molar-refractivity contribution in [3.05, 3.63) is 0 Å². The van der Waals surface area contributed by atoms with Gasteiger partial charge in [-0.1, -0.05) is 6.92 Å². The van der Waals surface area contributed by atoms with Gasteiger partial charge in [0.25, 0.3) is 8.05 Å². The summed E-state index contributed by atoms with van der Waals surface area (Å²) in [5.41, 5.74) is 0. The van der Waals surface area contributed by atoms with Crippen molar-refractivity contribution in [2.45, 2.75) is 63.4 Å². The van der Waals surface area contributed by atoms with E-state index in [2.05, 4.69) is 0 Å². The Morgan fingerprint density at radius 2 is 1.53 bits per heavy atom. The highest BCUT2D eigenvalue weighted by molar-refractivity contribution is 5.98. The second-order valence-electron chi connectivity index (χ2n) is 4.45. The van der Waals surface area contributed by atoms with E-state index in [-0.39, 0.29) is 25.6 Å². The predicted molar refractivity (Wildman–Crippen MR) is 67.3 cm³/mol. The van der Waals surface area contributed by atoms with Crippen molar-refractivity contribution < 1.29 is 25.1 Å². The first-order valence-corrected chi connectivity index (χ1v) is 6.21. The van der Waals surface area contributed by atoms with Crippen molar-refractivity contribution in [1.82, 2.24) is 0 Å². The third-order valence-electron chi connectivity index (χ3n) is 2.88. The summed E-state index contributed by atoms with van der Waals surface area (Å²) in [7, 11) is 1.53. The highest BCUT2D eigenvalue weighted by Crippen LogP contribution is 2.13. The molecule has 0 amide bonds. The zero-order valence-corrected chi connectivity index (χ0v) is 10.7. The van der Waals surface area contributed by atoms with E-state index >= 15 is 0 Å². The van der Waals surface area contributed by atoms with Crippen LogP contribution >= 0.6 is 0 Å². The molecule has 4 N–H and O–H groups in total. The molecule has 0 aliphatic carbocycles. The van der Waals surface area contributed by atoms with Crippen LogP contribution in [0.4, 0.5) is 0 Å². The van der Waals surface area contributed by atoms with Gasteiger partial charge in [-0.25, -0.2) is 0 Å². The smallest absolute Gasteiger partial charge is 0.257 e. The molecule has 17 heavy (non-hydrogen) atoms. The highest BCUT2D eigenvalue weighted by atomic mass is 16.4. The van der Waals surface area contributed by atoms with Gasteiger partial charge in [0, 0.05) is 12.7 Å². The second-order valence-corrected chi connectivity index (χ2v) is 4.45. The molecule has 4 unspecified atom stereocenters. The molecule has 0 spiro atoms. The summed E-state index contributed by atoms with van der Waals surface area (Å²) in [5.74, 6) is 0. The molecule has 0 aromatic carbocycles. The van der Waals surface area contributed by atoms with E-state index in [0.717, 1.165) is 0 Å². The van der Waals surface area contributed by atoms with Gasteiger partial charge in [-0.2, -0.15) is 0 Å². The SMILES string of the molecule is BOC(CCO)CC(O)CC(O)CC(O)CC. The van der Waals surface area contributed by atoms with Crippen molar-refractivity contribution in [1.29, 1.82) is 0 Å². The van der Waals surface area contributed by atoms with Crippen LogP contribution in [0.15, 0.2) is 0 Å². The third-order valence-corrected chi connectivity index (χ3v) is 2.88. The van der Waals surface area contributed by atoms with Crippen LogP contribution in [0.25, 0.3) is 0 Å². The molecular formula is C11H25BO5. The molecule has 102 valence electrons. The van der Waals surface area contributed by atoms with Crippen LogP contribution in [-0.4, -0.2) is 59.5 Å². The Bertz CT molecular complexity index is 181. The zero-order chi connectivity index (χ0) is 13.3. The molecule has 0 rings (SSSR count). The third kappa shape index (κ3) is 8.57. The maximum Gasteiger partial charge on any atom is 0.257 e. The van der Waals surface area contributed by atoms with Crippen LogP contribution in [0.3, 0.4) is 0 Å². The first kappa shape index (κ1) is 16.9. The minimum Gasteiger partial charge on any atom is -0.441 e. The quantitative estimate of drug-likeness (QED) is 0.371. The van der Waals surface area contributed by atoms with Crippen LogP contribution in [0, 0.1) is 0 Å². The monoisotopic (exact) mass is 248 g/mol. The van der Waals surface area contributed by atoms with Gasteiger partial charge in [0.05, 0.1) is 18.3 Å². The molecule has 0 radical (unpaired) electrons. The van der Waals surface area contributed by atoms with Gasteiger partial charge in [-0.15, -0.1) is 0 Å². The van der Waals surface area contributed by atoms with E-state index in [1.165, 1.54) is 8.05 Å². The summed E-state index contributed by atoms with van der Waals surface area (Å²) in [6, 6.07) is 0. The molecule has 0 aliphatic heterocycles. The van der Waals surface area contributed by atoms with Crippen LogP contribution < -0.4 is 0 Å². The number of hydrogen-bond acceptors (Lipinski definition) is 5. The van der Waals surface area contributed by atoms with Crippen molar-refractivity contribution >= 4 is 8.05 Å². The number of rotatable bonds is 10. The molecule has 6 heteroatoms. The molecule has 0 fully saturated rings. The number of hydrogen-bond donors (Lipinski definition) is 4. The molecule has 0 heterocycles. The Morgan fingerprint density at radius 1 is 1.00 bits per heavy atom. The second kappa shape index (κ2) is 9.85. The van der Waals surface area contributed by atoms with Crippen LogP contribution in [-0.2, 0) is 4.65 Å². The van der Waals surface area contributed by atoms with E-state index in [1.807, 2.05) is 6.92 Å². The highest BCUT2D eigenvalue weighted by Gasteiger charge is 2.18. The van der Waals surface area contributed by atoms with Gasteiger partial charge in [-0.3, -0.25) is 0 Å². The van der Waals surface area contributed by atoms with Crippen LogP contribution in [0.5, 0.6) is 0 Å². The van der Waals surface area contributed by atoms with Crippen molar-refractivity contribution in [3.8, 4) is 0 Å². The maximum absolute atomic E-state index is 9.73. The summed E-state index contributed by atoms with van der Waals surface area (Å²) in [4.78, 5) is 0. The van der Waals surface area contributed by atoms with Gasteiger partial charge in [0.2, 0.25) is 0 Å². The summed E-state index contributed by atoms with van der Waals surface area (Å²) in [6.07, 6.45) is -0.132. The van der Waals surface area contributed by atoms with E-state index in [9.17, 15) is 15.3 Å². The van der Waals surface area contributed by atoms with Gasteiger partial charge < -0.3 is 25.1 Å².